The fourth-order valence-corrected chi connectivity index (χ4v) is 2.29. The molecule has 6 nitrogen and oxygen atoms in total. The van der Waals surface area contributed by atoms with Gasteiger partial charge in [-0.15, -0.1) is 0 Å². The van der Waals surface area contributed by atoms with Crippen molar-refractivity contribution in [3.05, 3.63) is 11.8 Å². The maximum absolute atomic E-state index is 12.8. The highest BCUT2D eigenvalue weighted by Crippen LogP contribution is 2.31. The molecule has 2 rings (SSSR count). The standard InChI is InChI=1S/C12H18F3N5O/c1-2-21-8-3-5-20(6-4-8)10-7-9(12(13,14)15)17-11(18-10)19-16/h7-8H,2-6,16H2,1H3,(H,17,18,19). The van der Waals surface area contributed by atoms with Gasteiger partial charge in [0, 0.05) is 25.8 Å². The first-order valence-electron chi connectivity index (χ1n) is 6.73. The van der Waals surface area contributed by atoms with Gasteiger partial charge in [0.1, 0.15) is 5.82 Å². The van der Waals surface area contributed by atoms with E-state index >= 15 is 0 Å². The predicted molar refractivity (Wildman–Crippen MR) is 71.7 cm³/mol. The number of ether oxygens (including phenoxy) is 1. The number of nitrogens with one attached hydrogen (secondary N) is 1. The van der Waals surface area contributed by atoms with E-state index in [1.807, 2.05) is 6.92 Å². The Morgan fingerprint density at radius 2 is 2.05 bits per heavy atom. The Morgan fingerprint density at radius 3 is 2.57 bits per heavy atom. The van der Waals surface area contributed by atoms with E-state index in [4.69, 9.17) is 10.6 Å². The Hall–Kier alpha value is -1.61. The minimum Gasteiger partial charge on any atom is -0.378 e. The summed E-state index contributed by atoms with van der Waals surface area (Å²) in [5.74, 6) is 5.12. The minimum atomic E-state index is -4.53. The largest absolute Gasteiger partial charge is 0.433 e. The highest BCUT2D eigenvalue weighted by atomic mass is 19.4. The van der Waals surface area contributed by atoms with Crippen molar-refractivity contribution in [2.75, 3.05) is 30.0 Å². The summed E-state index contributed by atoms with van der Waals surface area (Å²) < 4.78 is 44.0. The maximum Gasteiger partial charge on any atom is 0.433 e. The van der Waals surface area contributed by atoms with Gasteiger partial charge in [-0.1, -0.05) is 0 Å². The van der Waals surface area contributed by atoms with Crippen molar-refractivity contribution in [2.45, 2.75) is 32.0 Å². The van der Waals surface area contributed by atoms with Gasteiger partial charge in [-0.2, -0.15) is 18.2 Å². The maximum atomic E-state index is 12.8. The van der Waals surface area contributed by atoms with Gasteiger partial charge in [0.25, 0.3) is 0 Å². The summed E-state index contributed by atoms with van der Waals surface area (Å²) in [5.41, 5.74) is 1.07. The first-order valence-corrected chi connectivity index (χ1v) is 6.73. The molecule has 118 valence electrons. The van der Waals surface area contributed by atoms with Gasteiger partial charge in [0.05, 0.1) is 6.10 Å². The topological polar surface area (TPSA) is 76.3 Å². The summed E-state index contributed by atoms with van der Waals surface area (Å²) in [7, 11) is 0. The van der Waals surface area contributed by atoms with Crippen LogP contribution in [0.4, 0.5) is 24.9 Å². The van der Waals surface area contributed by atoms with Crippen molar-refractivity contribution in [1.29, 1.82) is 0 Å². The Labute approximate surface area is 120 Å². The molecule has 21 heavy (non-hydrogen) atoms. The second kappa shape index (κ2) is 6.44. The molecule has 0 aromatic carbocycles. The molecular formula is C12H18F3N5O. The molecule has 2 heterocycles. The summed E-state index contributed by atoms with van der Waals surface area (Å²) in [6.45, 7) is 3.73. The molecule has 0 amide bonds. The lowest BCUT2D eigenvalue weighted by Gasteiger charge is -2.32. The number of piperidine rings is 1. The lowest BCUT2D eigenvalue weighted by molar-refractivity contribution is -0.141. The number of aromatic nitrogens is 2. The number of hydrazine groups is 1. The summed E-state index contributed by atoms with van der Waals surface area (Å²) in [4.78, 5) is 9.12. The molecule has 0 spiro atoms. The number of rotatable bonds is 4. The second-order valence-corrected chi connectivity index (χ2v) is 4.72. The van der Waals surface area contributed by atoms with E-state index in [2.05, 4.69) is 15.4 Å². The monoisotopic (exact) mass is 305 g/mol. The van der Waals surface area contributed by atoms with Gasteiger partial charge in [0.15, 0.2) is 5.69 Å². The zero-order valence-electron chi connectivity index (χ0n) is 11.7. The first-order chi connectivity index (χ1) is 9.94. The molecule has 0 atom stereocenters. The fraction of sp³-hybridized carbons (Fsp3) is 0.667. The zero-order chi connectivity index (χ0) is 15.5. The third-order valence-corrected chi connectivity index (χ3v) is 3.30. The molecule has 1 saturated heterocycles. The molecule has 1 aromatic rings. The molecule has 0 aliphatic carbocycles. The van der Waals surface area contributed by atoms with Crippen molar-refractivity contribution in [2.24, 2.45) is 5.84 Å². The zero-order valence-corrected chi connectivity index (χ0v) is 11.7. The van der Waals surface area contributed by atoms with Gasteiger partial charge in [-0.05, 0) is 19.8 Å². The van der Waals surface area contributed by atoms with Crippen LogP contribution in [0, 0.1) is 0 Å². The number of halogens is 3. The van der Waals surface area contributed by atoms with Crippen molar-refractivity contribution in [3.8, 4) is 0 Å². The van der Waals surface area contributed by atoms with Crippen LogP contribution < -0.4 is 16.2 Å². The third-order valence-electron chi connectivity index (χ3n) is 3.30. The molecule has 1 aliphatic heterocycles. The molecule has 9 heteroatoms. The summed E-state index contributed by atoms with van der Waals surface area (Å²) in [6, 6.07) is 0.946. The van der Waals surface area contributed by atoms with Crippen LogP contribution in [-0.2, 0) is 10.9 Å². The molecule has 0 unspecified atom stereocenters. The summed E-state index contributed by atoms with van der Waals surface area (Å²) in [6.07, 6.45) is -2.87. The van der Waals surface area contributed by atoms with Gasteiger partial charge in [0.2, 0.25) is 5.95 Å². The summed E-state index contributed by atoms with van der Waals surface area (Å²) >= 11 is 0. The lowest BCUT2D eigenvalue weighted by Crippen LogP contribution is -2.38. The van der Waals surface area contributed by atoms with Crippen LogP contribution in [0.2, 0.25) is 0 Å². The molecule has 1 aliphatic rings. The highest BCUT2D eigenvalue weighted by Gasteiger charge is 2.34. The van der Waals surface area contributed by atoms with E-state index in [0.717, 1.165) is 18.9 Å². The van der Waals surface area contributed by atoms with Crippen LogP contribution in [0.25, 0.3) is 0 Å². The second-order valence-electron chi connectivity index (χ2n) is 4.72. The molecule has 1 aromatic heterocycles. The van der Waals surface area contributed by atoms with Gasteiger partial charge < -0.3 is 9.64 Å². The molecule has 3 N–H and O–H groups in total. The minimum absolute atomic E-state index is 0.155. The van der Waals surface area contributed by atoms with Crippen molar-refractivity contribution in [3.63, 3.8) is 0 Å². The Morgan fingerprint density at radius 1 is 1.38 bits per heavy atom. The van der Waals surface area contributed by atoms with E-state index in [1.165, 1.54) is 0 Å². The third kappa shape index (κ3) is 3.94. The lowest BCUT2D eigenvalue weighted by atomic mass is 10.1. The Bertz CT molecular complexity index is 474. The van der Waals surface area contributed by atoms with Crippen LogP contribution in [0.1, 0.15) is 25.5 Å². The highest BCUT2D eigenvalue weighted by molar-refractivity contribution is 5.45. The molecule has 0 bridgehead atoms. The number of nitrogens with zero attached hydrogens (tertiary/aromatic N) is 3. The van der Waals surface area contributed by atoms with E-state index in [9.17, 15) is 13.2 Å². The SMILES string of the molecule is CCOC1CCN(c2cc(C(F)(F)F)nc(NN)n2)CC1. The van der Waals surface area contributed by atoms with Crippen LogP contribution in [0.3, 0.4) is 0 Å². The Kier molecular flexibility index (Phi) is 4.84. The molecule has 0 radical (unpaired) electrons. The van der Waals surface area contributed by atoms with Crippen LogP contribution in [-0.4, -0.2) is 35.8 Å². The van der Waals surface area contributed by atoms with E-state index in [0.29, 0.717) is 19.7 Å². The number of nitrogen functional groups attached to an aromatic ring is 1. The van der Waals surface area contributed by atoms with Crippen molar-refractivity contribution in [1.82, 2.24) is 9.97 Å². The van der Waals surface area contributed by atoms with Crippen LogP contribution in [0.5, 0.6) is 0 Å². The number of nitrogens with two attached hydrogens (primary N) is 1. The van der Waals surface area contributed by atoms with Crippen LogP contribution in [0.15, 0.2) is 6.07 Å². The average Bonchev–Trinajstić information content (AvgIpc) is 2.47. The van der Waals surface area contributed by atoms with Gasteiger partial charge in [-0.25, -0.2) is 10.8 Å². The quantitative estimate of drug-likeness (QED) is 0.652. The smallest absolute Gasteiger partial charge is 0.378 e. The normalized spacial score (nSPS) is 17.1. The number of anilines is 2. The van der Waals surface area contributed by atoms with Crippen molar-refractivity contribution < 1.29 is 17.9 Å². The van der Waals surface area contributed by atoms with Gasteiger partial charge in [-0.3, -0.25) is 5.43 Å². The van der Waals surface area contributed by atoms with E-state index in [1.54, 1.807) is 4.90 Å². The Balaban J connectivity index is 2.16. The number of hydrogen-bond acceptors (Lipinski definition) is 6. The van der Waals surface area contributed by atoms with Crippen molar-refractivity contribution >= 4 is 11.8 Å². The first kappa shape index (κ1) is 15.8. The fourth-order valence-electron chi connectivity index (χ4n) is 2.29. The molecule has 1 fully saturated rings. The van der Waals surface area contributed by atoms with Gasteiger partial charge >= 0.3 is 6.18 Å². The summed E-state index contributed by atoms with van der Waals surface area (Å²) in [5, 5.41) is 0. The number of alkyl halides is 3. The molecular weight excluding hydrogens is 287 g/mol. The predicted octanol–water partition coefficient (Wildman–Crippen LogP) is 1.79. The number of hydrogen-bond donors (Lipinski definition) is 2. The average molecular weight is 305 g/mol. The van der Waals surface area contributed by atoms with E-state index < -0.39 is 11.9 Å². The van der Waals surface area contributed by atoms with Crippen LogP contribution >= 0.6 is 0 Å². The van der Waals surface area contributed by atoms with E-state index in [-0.39, 0.29) is 17.9 Å². The molecule has 0 saturated carbocycles.